The molecule has 1 N–H and O–H groups in total. The smallest absolute Gasteiger partial charge is 0.339 e. The van der Waals surface area contributed by atoms with Crippen molar-refractivity contribution in [1.82, 2.24) is 9.97 Å². The van der Waals surface area contributed by atoms with Crippen molar-refractivity contribution >= 4 is 17.7 Å². The average Bonchev–Trinajstić information content (AvgIpc) is 2.38. The lowest BCUT2D eigenvalue weighted by Gasteiger charge is -2.07. The zero-order valence-corrected chi connectivity index (χ0v) is 10.9. The Labute approximate surface area is 109 Å². The highest BCUT2D eigenvalue weighted by Crippen LogP contribution is 2.25. The standard InChI is InChI=1S/C13H12N2O2S/c1-8-11(13(16)17)12(15-7-14-8)9-3-5-10(18-2)6-4-9/h3-7H,1-2H3,(H,16,17). The van der Waals surface area contributed by atoms with Crippen molar-refractivity contribution in [2.24, 2.45) is 0 Å². The molecule has 0 saturated carbocycles. The predicted octanol–water partition coefficient (Wildman–Crippen LogP) is 2.87. The third kappa shape index (κ3) is 2.36. The fourth-order valence-electron chi connectivity index (χ4n) is 1.70. The van der Waals surface area contributed by atoms with Gasteiger partial charge in [0.1, 0.15) is 11.9 Å². The van der Waals surface area contributed by atoms with E-state index in [1.807, 2.05) is 30.5 Å². The van der Waals surface area contributed by atoms with Crippen LogP contribution in [0.4, 0.5) is 0 Å². The van der Waals surface area contributed by atoms with Gasteiger partial charge in [0.25, 0.3) is 0 Å². The van der Waals surface area contributed by atoms with Crippen LogP contribution in [0, 0.1) is 6.92 Å². The molecule has 0 aliphatic rings. The lowest BCUT2D eigenvalue weighted by atomic mass is 10.1. The van der Waals surface area contributed by atoms with Crippen molar-refractivity contribution in [2.75, 3.05) is 6.26 Å². The van der Waals surface area contributed by atoms with Crippen molar-refractivity contribution in [3.05, 3.63) is 41.9 Å². The molecule has 0 radical (unpaired) electrons. The van der Waals surface area contributed by atoms with Gasteiger partial charge in [-0.05, 0) is 25.3 Å². The van der Waals surface area contributed by atoms with Crippen molar-refractivity contribution in [2.45, 2.75) is 11.8 Å². The van der Waals surface area contributed by atoms with Gasteiger partial charge in [0.2, 0.25) is 0 Å². The Kier molecular flexibility index (Phi) is 3.62. The molecule has 2 rings (SSSR count). The summed E-state index contributed by atoms with van der Waals surface area (Å²) in [6.45, 7) is 1.67. The number of hydrogen-bond acceptors (Lipinski definition) is 4. The van der Waals surface area contributed by atoms with Gasteiger partial charge in [-0.2, -0.15) is 0 Å². The zero-order chi connectivity index (χ0) is 13.1. The van der Waals surface area contributed by atoms with Crippen LogP contribution in [0.3, 0.4) is 0 Å². The first-order chi connectivity index (χ1) is 8.63. The molecule has 2 aromatic rings. The first-order valence-electron chi connectivity index (χ1n) is 5.33. The number of thioether (sulfide) groups is 1. The molecule has 1 aromatic carbocycles. The zero-order valence-electron chi connectivity index (χ0n) is 10.0. The molecule has 0 bridgehead atoms. The molecule has 4 nitrogen and oxygen atoms in total. The molecule has 0 amide bonds. The molecule has 1 heterocycles. The molecule has 0 saturated heterocycles. The molecule has 18 heavy (non-hydrogen) atoms. The molecular formula is C13H12N2O2S. The van der Waals surface area contributed by atoms with Gasteiger partial charge < -0.3 is 5.11 Å². The lowest BCUT2D eigenvalue weighted by Crippen LogP contribution is -2.06. The molecule has 0 fully saturated rings. The second-order valence-electron chi connectivity index (χ2n) is 3.72. The van der Waals surface area contributed by atoms with E-state index in [1.165, 1.54) is 6.33 Å². The van der Waals surface area contributed by atoms with E-state index < -0.39 is 5.97 Å². The Morgan fingerprint density at radius 1 is 1.22 bits per heavy atom. The number of hydrogen-bond donors (Lipinski definition) is 1. The van der Waals surface area contributed by atoms with Gasteiger partial charge in [0.15, 0.2) is 0 Å². The molecule has 0 unspecified atom stereocenters. The third-order valence-corrected chi connectivity index (χ3v) is 3.36. The van der Waals surface area contributed by atoms with Crippen molar-refractivity contribution in [3.63, 3.8) is 0 Å². The van der Waals surface area contributed by atoms with E-state index in [-0.39, 0.29) is 5.56 Å². The molecule has 0 aliphatic carbocycles. The summed E-state index contributed by atoms with van der Waals surface area (Å²) >= 11 is 1.64. The summed E-state index contributed by atoms with van der Waals surface area (Å²) < 4.78 is 0. The van der Waals surface area contributed by atoms with Crippen LogP contribution in [-0.2, 0) is 0 Å². The van der Waals surface area contributed by atoms with Gasteiger partial charge in [0.05, 0.1) is 11.4 Å². The Bertz CT molecular complexity index is 582. The van der Waals surface area contributed by atoms with E-state index in [4.69, 9.17) is 0 Å². The fraction of sp³-hybridized carbons (Fsp3) is 0.154. The van der Waals surface area contributed by atoms with E-state index in [0.29, 0.717) is 11.4 Å². The Morgan fingerprint density at radius 3 is 2.44 bits per heavy atom. The van der Waals surface area contributed by atoms with Gasteiger partial charge in [-0.1, -0.05) is 12.1 Å². The van der Waals surface area contributed by atoms with Crippen LogP contribution in [0.15, 0.2) is 35.5 Å². The quantitative estimate of drug-likeness (QED) is 0.860. The Balaban J connectivity index is 2.56. The third-order valence-electron chi connectivity index (χ3n) is 2.61. The summed E-state index contributed by atoms with van der Waals surface area (Å²) in [7, 11) is 0. The predicted molar refractivity (Wildman–Crippen MR) is 70.9 cm³/mol. The van der Waals surface area contributed by atoms with E-state index in [9.17, 15) is 9.90 Å². The molecular weight excluding hydrogens is 248 g/mol. The Morgan fingerprint density at radius 2 is 1.89 bits per heavy atom. The molecule has 92 valence electrons. The van der Waals surface area contributed by atoms with Crippen LogP contribution in [0.5, 0.6) is 0 Å². The van der Waals surface area contributed by atoms with Crippen LogP contribution >= 0.6 is 11.8 Å². The maximum atomic E-state index is 11.3. The summed E-state index contributed by atoms with van der Waals surface area (Å²) in [5, 5.41) is 9.22. The lowest BCUT2D eigenvalue weighted by molar-refractivity contribution is 0.0696. The van der Waals surface area contributed by atoms with Crippen LogP contribution in [0.1, 0.15) is 16.1 Å². The normalized spacial score (nSPS) is 10.3. The van der Waals surface area contributed by atoms with E-state index in [0.717, 1.165) is 10.5 Å². The van der Waals surface area contributed by atoms with E-state index >= 15 is 0 Å². The second-order valence-corrected chi connectivity index (χ2v) is 4.60. The van der Waals surface area contributed by atoms with Crippen molar-refractivity contribution < 1.29 is 9.90 Å². The maximum Gasteiger partial charge on any atom is 0.339 e. The highest BCUT2D eigenvalue weighted by Gasteiger charge is 2.16. The number of aromatic carboxylic acids is 1. The fourth-order valence-corrected chi connectivity index (χ4v) is 2.11. The number of aromatic nitrogens is 2. The van der Waals surface area contributed by atoms with Crippen molar-refractivity contribution in [3.8, 4) is 11.3 Å². The van der Waals surface area contributed by atoms with Crippen LogP contribution in [0.2, 0.25) is 0 Å². The number of carbonyl (C=O) groups is 1. The molecule has 0 atom stereocenters. The number of benzene rings is 1. The van der Waals surface area contributed by atoms with E-state index in [2.05, 4.69) is 9.97 Å². The second kappa shape index (κ2) is 5.18. The monoisotopic (exact) mass is 260 g/mol. The topological polar surface area (TPSA) is 63.1 Å². The molecule has 0 spiro atoms. The largest absolute Gasteiger partial charge is 0.478 e. The molecule has 5 heteroatoms. The number of aryl methyl sites for hydroxylation is 1. The summed E-state index contributed by atoms with van der Waals surface area (Å²) in [5.41, 5.74) is 1.88. The number of rotatable bonds is 3. The van der Waals surface area contributed by atoms with Gasteiger partial charge in [0, 0.05) is 10.5 Å². The highest BCUT2D eigenvalue weighted by molar-refractivity contribution is 7.98. The number of carboxylic acids is 1. The number of carboxylic acid groups (broad SMARTS) is 1. The first kappa shape index (κ1) is 12.6. The van der Waals surface area contributed by atoms with Crippen molar-refractivity contribution in [1.29, 1.82) is 0 Å². The Hall–Kier alpha value is -1.88. The first-order valence-corrected chi connectivity index (χ1v) is 6.55. The summed E-state index contributed by atoms with van der Waals surface area (Å²) in [6, 6.07) is 7.65. The van der Waals surface area contributed by atoms with Crippen LogP contribution in [-0.4, -0.2) is 27.3 Å². The van der Waals surface area contributed by atoms with Gasteiger partial charge >= 0.3 is 5.97 Å². The minimum absolute atomic E-state index is 0.161. The van der Waals surface area contributed by atoms with Crippen LogP contribution in [0.25, 0.3) is 11.3 Å². The highest BCUT2D eigenvalue weighted by atomic mass is 32.2. The average molecular weight is 260 g/mol. The van der Waals surface area contributed by atoms with Crippen LogP contribution < -0.4 is 0 Å². The minimum Gasteiger partial charge on any atom is -0.478 e. The minimum atomic E-state index is -1.00. The van der Waals surface area contributed by atoms with E-state index in [1.54, 1.807) is 18.7 Å². The SMILES string of the molecule is CSc1ccc(-c2ncnc(C)c2C(=O)O)cc1. The maximum absolute atomic E-state index is 11.3. The summed E-state index contributed by atoms with van der Waals surface area (Å²) in [5.74, 6) is -1.00. The van der Waals surface area contributed by atoms with Gasteiger partial charge in [-0.3, -0.25) is 0 Å². The molecule has 1 aromatic heterocycles. The molecule has 0 aliphatic heterocycles. The van der Waals surface area contributed by atoms with Gasteiger partial charge in [-0.25, -0.2) is 14.8 Å². The summed E-state index contributed by atoms with van der Waals surface area (Å²) in [4.78, 5) is 20.4. The number of nitrogens with zero attached hydrogens (tertiary/aromatic N) is 2. The van der Waals surface area contributed by atoms with Gasteiger partial charge in [-0.15, -0.1) is 11.8 Å². The summed E-state index contributed by atoms with van der Waals surface area (Å²) in [6.07, 6.45) is 3.38.